The van der Waals surface area contributed by atoms with E-state index in [1.807, 2.05) is 6.92 Å². The first-order valence-corrected chi connectivity index (χ1v) is 5.40. The van der Waals surface area contributed by atoms with Crippen LogP contribution in [0, 0.1) is 0 Å². The molecule has 1 unspecified atom stereocenters. The molecule has 1 fully saturated rings. The van der Waals surface area contributed by atoms with Crippen LogP contribution >= 0.6 is 0 Å². The van der Waals surface area contributed by atoms with Crippen LogP contribution in [0.1, 0.15) is 26.2 Å². The molecule has 82 valence electrons. The van der Waals surface area contributed by atoms with E-state index in [4.69, 9.17) is 4.74 Å². The summed E-state index contributed by atoms with van der Waals surface area (Å²) in [6.45, 7) is 5.22. The highest BCUT2D eigenvalue weighted by atomic mass is 16.5. The maximum absolute atomic E-state index is 11.4. The zero-order valence-corrected chi connectivity index (χ0v) is 8.84. The lowest BCUT2D eigenvalue weighted by atomic mass is 10.1. The second-order valence-electron chi connectivity index (χ2n) is 3.59. The van der Waals surface area contributed by atoms with E-state index >= 15 is 0 Å². The molecule has 1 amide bonds. The first-order chi connectivity index (χ1) is 6.83. The van der Waals surface area contributed by atoms with Crippen molar-refractivity contribution in [2.45, 2.75) is 32.2 Å². The maximum atomic E-state index is 11.4. The molecule has 1 aliphatic heterocycles. The Morgan fingerprint density at radius 2 is 2.43 bits per heavy atom. The smallest absolute Gasteiger partial charge is 0.221 e. The number of amides is 1. The van der Waals surface area contributed by atoms with Crippen molar-refractivity contribution in [2.24, 2.45) is 0 Å². The molecule has 4 nitrogen and oxygen atoms in total. The molecule has 14 heavy (non-hydrogen) atoms. The van der Waals surface area contributed by atoms with Crippen molar-refractivity contribution >= 4 is 5.91 Å². The van der Waals surface area contributed by atoms with Gasteiger partial charge in [0, 0.05) is 19.6 Å². The Morgan fingerprint density at radius 3 is 3.07 bits per heavy atom. The maximum Gasteiger partial charge on any atom is 0.221 e. The molecule has 1 saturated heterocycles. The third-order valence-electron chi connectivity index (χ3n) is 2.30. The lowest BCUT2D eigenvalue weighted by Gasteiger charge is -2.23. The summed E-state index contributed by atoms with van der Waals surface area (Å²) in [7, 11) is 0. The molecule has 4 heteroatoms. The molecule has 0 aromatic carbocycles. The Balaban J connectivity index is 2.06. The summed E-state index contributed by atoms with van der Waals surface area (Å²) in [5.74, 6) is 0.126. The molecule has 0 aromatic heterocycles. The van der Waals surface area contributed by atoms with E-state index in [1.54, 1.807) is 0 Å². The fourth-order valence-corrected chi connectivity index (χ4v) is 1.53. The van der Waals surface area contributed by atoms with Crippen molar-refractivity contribution in [1.82, 2.24) is 10.6 Å². The minimum Gasteiger partial charge on any atom is -0.379 e. The molecule has 1 aliphatic rings. The summed E-state index contributed by atoms with van der Waals surface area (Å²) in [5.41, 5.74) is 0. The third-order valence-corrected chi connectivity index (χ3v) is 2.30. The molecule has 1 atom stereocenters. The van der Waals surface area contributed by atoms with Crippen LogP contribution in [-0.2, 0) is 9.53 Å². The van der Waals surface area contributed by atoms with Gasteiger partial charge < -0.3 is 15.4 Å². The SMILES string of the molecule is CCNCCC(=O)NC1CCCOC1. The monoisotopic (exact) mass is 200 g/mol. The van der Waals surface area contributed by atoms with E-state index < -0.39 is 0 Å². The van der Waals surface area contributed by atoms with E-state index in [0.29, 0.717) is 13.0 Å². The minimum atomic E-state index is 0.126. The normalized spacial score (nSPS) is 21.9. The van der Waals surface area contributed by atoms with Crippen LogP contribution in [0.5, 0.6) is 0 Å². The number of nitrogens with one attached hydrogen (secondary N) is 2. The highest BCUT2D eigenvalue weighted by Gasteiger charge is 2.15. The number of carbonyl (C=O) groups is 1. The Morgan fingerprint density at radius 1 is 1.57 bits per heavy atom. The molecule has 1 heterocycles. The summed E-state index contributed by atoms with van der Waals surface area (Å²) in [6, 6.07) is 0.234. The van der Waals surface area contributed by atoms with Crippen LogP contribution in [0.4, 0.5) is 0 Å². The molecule has 1 rings (SSSR count). The van der Waals surface area contributed by atoms with Gasteiger partial charge in [-0.3, -0.25) is 4.79 Å². The van der Waals surface area contributed by atoms with Crippen molar-refractivity contribution in [3.8, 4) is 0 Å². The van der Waals surface area contributed by atoms with Gasteiger partial charge in [-0.25, -0.2) is 0 Å². The summed E-state index contributed by atoms with van der Waals surface area (Å²) in [4.78, 5) is 11.4. The van der Waals surface area contributed by atoms with Crippen molar-refractivity contribution in [2.75, 3.05) is 26.3 Å². The van der Waals surface area contributed by atoms with Crippen molar-refractivity contribution in [3.05, 3.63) is 0 Å². The Hall–Kier alpha value is -0.610. The predicted octanol–water partition coefficient (Wildman–Crippen LogP) is 0.281. The summed E-state index contributed by atoms with van der Waals surface area (Å²) in [5, 5.41) is 6.10. The van der Waals surface area contributed by atoms with Gasteiger partial charge in [0.05, 0.1) is 12.6 Å². The van der Waals surface area contributed by atoms with Gasteiger partial charge in [-0.05, 0) is 19.4 Å². The summed E-state index contributed by atoms with van der Waals surface area (Å²) >= 11 is 0. The molecule has 0 bridgehead atoms. The van der Waals surface area contributed by atoms with Crippen LogP contribution < -0.4 is 10.6 Å². The van der Waals surface area contributed by atoms with Crippen molar-refractivity contribution in [1.29, 1.82) is 0 Å². The van der Waals surface area contributed by atoms with Gasteiger partial charge in [0.25, 0.3) is 0 Å². The molecule has 0 radical (unpaired) electrons. The van der Waals surface area contributed by atoms with Gasteiger partial charge in [-0.2, -0.15) is 0 Å². The molecule has 2 N–H and O–H groups in total. The van der Waals surface area contributed by atoms with Gasteiger partial charge in [0.1, 0.15) is 0 Å². The second-order valence-corrected chi connectivity index (χ2v) is 3.59. The van der Waals surface area contributed by atoms with Gasteiger partial charge in [0.15, 0.2) is 0 Å². The largest absolute Gasteiger partial charge is 0.379 e. The van der Waals surface area contributed by atoms with E-state index in [-0.39, 0.29) is 11.9 Å². The van der Waals surface area contributed by atoms with E-state index in [2.05, 4.69) is 10.6 Å². The average Bonchev–Trinajstić information content (AvgIpc) is 2.20. The molecule has 0 aliphatic carbocycles. The van der Waals surface area contributed by atoms with Crippen LogP contribution in [-0.4, -0.2) is 38.3 Å². The first-order valence-electron chi connectivity index (χ1n) is 5.40. The average molecular weight is 200 g/mol. The number of hydrogen-bond acceptors (Lipinski definition) is 3. The fourth-order valence-electron chi connectivity index (χ4n) is 1.53. The first kappa shape index (κ1) is 11.5. The number of hydrogen-bond donors (Lipinski definition) is 2. The molecule has 0 saturated carbocycles. The van der Waals surface area contributed by atoms with Gasteiger partial charge >= 0.3 is 0 Å². The van der Waals surface area contributed by atoms with Gasteiger partial charge in [-0.1, -0.05) is 6.92 Å². The Labute approximate surface area is 85.4 Å². The summed E-state index contributed by atoms with van der Waals surface area (Å²) in [6.07, 6.45) is 2.66. The predicted molar refractivity (Wildman–Crippen MR) is 55.1 cm³/mol. The molecular formula is C10H20N2O2. The van der Waals surface area contributed by atoms with Gasteiger partial charge in [0.2, 0.25) is 5.91 Å². The lowest BCUT2D eigenvalue weighted by molar-refractivity contribution is -0.122. The van der Waals surface area contributed by atoms with Crippen LogP contribution in [0.2, 0.25) is 0 Å². The van der Waals surface area contributed by atoms with Crippen LogP contribution in [0.15, 0.2) is 0 Å². The third kappa shape index (κ3) is 4.58. The van der Waals surface area contributed by atoms with Gasteiger partial charge in [-0.15, -0.1) is 0 Å². The number of ether oxygens (including phenoxy) is 1. The molecular weight excluding hydrogens is 180 g/mol. The van der Waals surface area contributed by atoms with Crippen molar-refractivity contribution < 1.29 is 9.53 Å². The Bertz CT molecular complexity index is 168. The zero-order valence-electron chi connectivity index (χ0n) is 8.84. The topological polar surface area (TPSA) is 50.4 Å². The highest BCUT2D eigenvalue weighted by molar-refractivity contribution is 5.76. The van der Waals surface area contributed by atoms with Crippen LogP contribution in [0.25, 0.3) is 0 Å². The van der Waals surface area contributed by atoms with E-state index in [9.17, 15) is 4.79 Å². The quantitative estimate of drug-likeness (QED) is 0.627. The number of rotatable bonds is 5. The van der Waals surface area contributed by atoms with Crippen molar-refractivity contribution in [3.63, 3.8) is 0 Å². The van der Waals surface area contributed by atoms with E-state index in [0.717, 1.165) is 32.5 Å². The zero-order chi connectivity index (χ0) is 10.2. The number of carbonyl (C=O) groups excluding carboxylic acids is 1. The minimum absolute atomic E-state index is 0.126. The Kier molecular flexibility index (Phi) is 5.56. The lowest BCUT2D eigenvalue weighted by Crippen LogP contribution is -2.41. The highest BCUT2D eigenvalue weighted by Crippen LogP contribution is 2.05. The standard InChI is InChI=1S/C10H20N2O2/c1-2-11-6-5-10(13)12-9-4-3-7-14-8-9/h9,11H,2-8H2,1H3,(H,12,13). The van der Waals surface area contributed by atoms with E-state index in [1.165, 1.54) is 0 Å². The molecule has 0 aromatic rings. The fraction of sp³-hybridized carbons (Fsp3) is 0.900. The molecule has 0 spiro atoms. The summed E-state index contributed by atoms with van der Waals surface area (Å²) < 4.78 is 5.28. The second kappa shape index (κ2) is 6.79. The van der Waals surface area contributed by atoms with Crippen LogP contribution in [0.3, 0.4) is 0 Å².